The third-order valence-electron chi connectivity index (χ3n) is 1.67. The Morgan fingerprint density at radius 2 is 2.10 bits per heavy atom. The fraction of sp³-hybridized carbons (Fsp3) is 1.00. The molecule has 0 bridgehead atoms. The van der Waals surface area contributed by atoms with Crippen molar-refractivity contribution in [1.82, 2.24) is 0 Å². The lowest BCUT2D eigenvalue weighted by atomic mass is 10.1. The van der Waals surface area contributed by atoms with E-state index < -0.39 is 10.1 Å². The Labute approximate surface area is 61.5 Å². The van der Waals surface area contributed by atoms with Crippen molar-refractivity contribution in [2.24, 2.45) is 5.92 Å². The summed E-state index contributed by atoms with van der Waals surface area (Å²) in [5.41, 5.74) is 0. The van der Waals surface area contributed by atoms with E-state index in [0.29, 0.717) is 12.3 Å². The van der Waals surface area contributed by atoms with Gasteiger partial charge < -0.3 is 0 Å². The molecule has 1 atom stereocenters. The monoisotopic (exact) mass is 164 g/mol. The van der Waals surface area contributed by atoms with Crippen molar-refractivity contribution in [3.8, 4) is 0 Å². The third-order valence-corrected chi connectivity index (χ3v) is 2.94. The maximum absolute atomic E-state index is 10.7. The lowest BCUT2D eigenvalue weighted by Crippen LogP contribution is -2.13. The van der Waals surface area contributed by atoms with Gasteiger partial charge in [-0.3, -0.25) is 4.18 Å². The van der Waals surface area contributed by atoms with Gasteiger partial charge in [0, 0.05) is 0 Å². The van der Waals surface area contributed by atoms with Gasteiger partial charge in [-0.1, -0.05) is 13.8 Å². The molecule has 1 aliphatic heterocycles. The average molecular weight is 164 g/mol. The van der Waals surface area contributed by atoms with Crippen LogP contribution in [0.5, 0.6) is 0 Å². The second-order valence-electron chi connectivity index (χ2n) is 2.93. The first kappa shape index (κ1) is 8.01. The smallest absolute Gasteiger partial charge is 0.266 e. The van der Waals surface area contributed by atoms with Crippen LogP contribution in [0.15, 0.2) is 0 Å². The highest BCUT2D eigenvalue weighted by molar-refractivity contribution is 7.86. The summed E-state index contributed by atoms with van der Waals surface area (Å²) < 4.78 is 26.2. The molecule has 0 spiro atoms. The summed E-state index contributed by atoms with van der Waals surface area (Å²) in [6.07, 6.45) is 0.574. The molecular weight excluding hydrogens is 152 g/mol. The minimum Gasteiger partial charge on any atom is -0.266 e. The first-order valence-corrected chi connectivity index (χ1v) is 5.00. The first-order valence-electron chi connectivity index (χ1n) is 3.42. The molecular formula is C6H12O3S. The van der Waals surface area contributed by atoms with Crippen molar-refractivity contribution in [1.29, 1.82) is 0 Å². The molecule has 1 heterocycles. The van der Waals surface area contributed by atoms with Gasteiger partial charge in [-0.05, 0) is 12.3 Å². The van der Waals surface area contributed by atoms with E-state index in [1.54, 1.807) is 0 Å². The number of hydrogen-bond donors (Lipinski definition) is 0. The summed E-state index contributed by atoms with van der Waals surface area (Å²) in [7, 11) is -3.14. The Hall–Kier alpha value is -0.0900. The van der Waals surface area contributed by atoms with Crippen LogP contribution in [0.2, 0.25) is 0 Å². The van der Waals surface area contributed by atoms with E-state index >= 15 is 0 Å². The molecule has 1 aliphatic rings. The van der Waals surface area contributed by atoms with E-state index in [1.165, 1.54) is 0 Å². The summed E-state index contributed by atoms with van der Waals surface area (Å²) in [6.45, 7) is 3.93. The zero-order valence-electron chi connectivity index (χ0n) is 6.20. The molecule has 3 nitrogen and oxygen atoms in total. The van der Waals surface area contributed by atoms with Crippen molar-refractivity contribution in [2.45, 2.75) is 26.4 Å². The predicted molar refractivity (Wildman–Crippen MR) is 38.1 cm³/mol. The van der Waals surface area contributed by atoms with Crippen LogP contribution in [-0.2, 0) is 14.3 Å². The van der Waals surface area contributed by atoms with E-state index in [9.17, 15) is 8.42 Å². The first-order chi connectivity index (χ1) is 4.51. The molecule has 0 saturated carbocycles. The fourth-order valence-corrected chi connectivity index (χ4v) is 2.30. The van der Waals surface area contributed by atoms with Gasteiger partial charge in [0.25, 0.3) is 10.1 Å². The largest absolute Gasteiger partial charge is 0.267 e. The average Bonchev–Trinajstić information content (AvgIpc) is 2.10. The van der Waals surface area contributed by atoms with Gasteiger partial charge in [-0.25, -0.2) is 0 Å². The standard InChI is InChI=1S/C6H12O3S/c1-5(2)6-3-4-10(7,8)9-6/h5-6H,3-4H2,1-2H3. The van der Waals surface area contributed by atoms with Crippen LogP contribution in [0, 0.1) is 5.92 Å². The highest BCUT2D eigenvalue weighted by atomic mass is 32.2. The van der Waals surface area contributed by atoms with Crippen molar-refractivity contribution in [2.75, 3.05) is 5.75 Å². The molecule has 0 radical (unpaired) electrons. The fourth-order valence-electron chi connectivity index (χ4n) is 0.989. The molecule has 60 valence electrons. The van der Waals surface area contributed by atoms with Gasteiger partial charge in [0.2, 0.25) is 0 Å². The van der Waals surface area contributed by atoms with Crippen LogP contribution in [0.25, 0.3) is 0 Å². The molecule has 0 aromatic rings. The second-order valence-corrected chi connectivity index (χ2v) is 4.65. The van der Waals surface area contributed by atoms with Crippen LogP contribution >= 0.6 is 0 Å². The van der Waals surface area contributed by atoms with E-state index in [0.717, 1.165) is 0 Å². The van der Waals surface area contributed by atoms with E-state index in [1.807, 2.05) is 13.8 Å². The molecule has 0 N–H and O–H groups in total. The summed E-state index contributed by atoms with van der Waals surface area (Å²) in [6, 6.07) is 0. The normalized spacial score (nSPS) is 31.3. The second kappa shape index (κ2) is 2.51. The van der Waals surface area contributed by atoms with Gasteiger partial charge >= 0.3 is 0 Å². The molecule has 1 fully saturated rings. The topological polar surface area (TPSA) is 43.4 Å². The summed E-state index contributed by atoms with van der Waals surface area (Å²) in [4.78, 5) is 0. The minimum atomic E-state index is -3.14. The summed E-state index contributed by atoms with van der Waals surface area (Å²) in [5, 5.41) is 0. The van der Waals surface area contributed by atoms with Gasteiger partial charge in [0.1, 0.15) is 0 Å². The number of rotatable bonds is 1. The van der Waals surface area contributed by atoms with Gasteiger partial charge in [-0.2, -0.15) is 8.42 Å². The Morgan fingerprint density at radius 1 is 1.50 bits per heavy atom. The molecule has 4 heteroatoms. The van der Waals surface area contributed by atoms with Crippen LogP contribution in [-0.4, -0.2) is 20.3 Å². The van der Waals surface area contributed by atoms with Crippen molar-refractivity contribution in [3.05, 3.63) is 0 Å². The van der Waals surface area contributed by atoms with Crippen molar-refractivity contribution >= 4 is 10.1 Å². The molecule has 10 heavy (non-hydrogen) atoms. The molecule has 1 saturated heterocycles. The van der Waals surface area contributed by atoms with Gasteiger partial charge in [0.15, 0.2) is 0 Å². The highest BCUT2D eigenvalue weighted by Crippen LogP contribution is 2.21. The minimum absolute atomic E-state index is 0.0787. The molecule has 0 amide bonds. The summed E-state index contributed by atoms with van der Waals surface area (Å²) >= 11 is 0. The molecule has 0 aromatic carbocycles. The number of hydrogen-bond acceptors (Lipinski definition) is 3. The van der Waals surface area contributed by atoms with Gasteiger partial charge in [0.05, 0.1) is 11.9 Å². The van der Waals surface area contributed by atoms with Crippen molar-refractivity contribution < 1.29 is 12.6 Å². The molecule has 1 rings (SSSR count). The third kappa shape index (κ3) is 1.70. The molecule has 0 aromatic heterocycles. The van der Waals surface area contributed by atoms with E-state index in [-0.39, 0.29) is 11.9 Å². The van der Waals surface area contributed by atoms with Crippen LogP contribution in [0.4, 0.5) is 0 Å². The zero-order chi connectivity index (χ0) is 7.78. The highest BCUT2D eigenvalue weighted by Gasteiger charge is 2.30. The SMILES string of the molecule is CC(C)C1CCS(=O)(=O)O1. The Balaban J connectivity index is 2.60. The molecule has 0 aliphatic carbocycles. The maximum atomic E-state index is 10.7. The quantitative estimate of drug-likeness (QED) is 0.537. The molecule has 1 unspecified atom stereocenters. The van der Waals surface area contributed by atoms with Gasteiger partial charge in [-0.15, -0.1) is 0 Å². The van der Waals surface area contributed by atoms with Crippen molar-refractivity contribution in [3.63, 3.8) is 0 Å². The predicted octanol–water partition coefficient (Wildman–Crippen LogP) is 0.761. The van der Waals surface area contributed by atoms with Crippen LogP contribution < -0.4 is 0 Å². The maximum Gasteiger partial charge on any atom is 0.267 e. The Kier molecular flexibility index (Phi) is 2.01. The Bertz CT molecular complexity index is 205. The summed E-state index contributed by atoms with van der Waals surface area (Å²) in [5.74, 6) is 0.493. The van der Waals surface area contributed by atoms with E-state index in [2.05, 4.69) is 0 Å². The lowest BCUT2D eigenvalue weighted by Gasteiger charge is -2.09. The Morgan fingerprint density at radius 3 is 2.30 bits per heavy atom. The van der Waals surface area contributed by atoms with Crippen LogP contribution in [0.3, 0.4) is 0 Å². The zero-order valence-corrected chi connectivity index (χ0v) is 7.02. The van der Waals surface area contributed by atoms with Crippen LogP contribution in [0.1, 0.15) is 20.3 Å². The lowest BCUT2D eigenvalue weighted by molar-refractivity contribution is 0.182. The van der Waals surface area contributed by atoms with E-state index in [4.69, 9.17) is 4.18 Å².